The van der Waals surface area contributed by atoms with Crippen LogP contribution in [0.25, 0.3) is 108 Å². The maximum Gasteiger partial charge on any atom is 0.164 e. The second-order valence-corrected chi connectivity index (χ2v) is 15.2. The number of hydrogen-bond acceptors (Lipinski definition) is 7. The van der Waals surface area contributed by atoms with Gasteiger partial charge in [-0.15, -0.1) is 22.7 Å². The number of thiazole rings is 1. The van der Waals surface area contributed by atoms with Crippen molar-refractivity contribution < 1.29 is 4.42 Å². The molecule has 7 aromatic carbocycles. The van der Waals surface area contributed by atoms with E-state index in [4.69, 9.17) is 24.4 Å². The summed E-state index contributed by atoms with van der Waals surface area (Å²) in [5.74, 6) is 1.86. The maximum absolute atomic E-state index is 6.56. The lowest BCUT2D eigenvalue weighted by molar-refractivity contribution is 0.669. The van der Waals surface area contributed by atoms with Crippen LogP contribution in [0.5, 0.6) is 0 Å². The Balaban J connectivity index is 1.05. The number of thiophene rings is 1. The van der Waals surface area contributed by atoms with Gasteiger partial charge in [0.1, 0.15) is 16.2 Å². The van der Waals surface area contributed by atoms with Crippen molar-refractivity contribution in [1.82, 2.24) is 19.9 Å². The minimum absolute atomic E-state index is 0.602. The Morgan fingerprint density at radius 1 is 0.377 bits per heavy atom. The van der Waals surface area contributed by atoms with E-state index in [1.54, 1.807) is 22.7 Å². The molecule has 0 aliphatic carbocycles. The number of rotatable bonds is 5. The lowest BCUT2D eigenvalue weighted by Gasteiger charge is -2.09. The van der Waals surface area contributed by atoms with Crippen LogP contribution in [-0.4, -0.2) is 19.9 Å². The molecule has 0 amide bonds. The lowest BCUT2D eigenvalue weighted by atomic mass is 10.00. The predicted octanol–water partition coefficient (Wildman–Crippen LogP) is 13.1. The normalized spacial score (nSPS) is 11.8. The number of nitrogens with zero attached hydrogens (tertiary/aromatic N) is 4. The number of aromatic nitrogens is 4. The zero-order valence-electron chi connectivity index (χ0n) is 28.0. The number of fused-ring (bicyclic) bond motifs is 7. The Labute approximate surface area is 311 Å². The van der Waals surface area contributed by atoms with E-state index in [0.717, 1.165) is 65.8 Å². The van der Waals surface area contributed by atoms with Gasteiger partial charge in [-0.25, -0.2) is 19.9 Å². The summed E-state index contributed by atoms with van der Waals surface area (Å²) >= 11 is 3.52. The zero-order valence-corrected chi connectivity index (χ0v) is 29.7. The molecule has 11 rings (SSSR count). The molecule has 0 unspecified atom stereocenters. The third-order valence-electron chi connectivity index (χ3n) is 9.78. The fourth-order valence-electron chi connectivity index (χ4n) is 7.23. The molecule has 0 aliphatic heterocycles. The highest BCUT2D eigenvalue weighted by atomic mass is 32.1. The van der Waals surface area contributed by atoms with Crippen LogP contribution in [0.1, 0.15) is 0 Å². The maximum atomic E-state index is 6.56. The molecule has 248 valence electrons. The molecule has 4 aromatic heterocycles. The van der Waals surface area contributed by atoms with Crippen molar-refractivity contribution in [2.45, 2.75) is 0 Å². The highest BCUT2D eigenvalue weighted by Crippen LogP contribution is 2.40. The molecule has 0 aliphatic rings. The summed E-state index contributed by atoms with van der Waals surface area (Å²) in [7, 11) is 0. The zero-order chi connectivity index (χ0) is 34.9. The summed E-state index contributed by atoms with van der Waals surface area (Å²) in [4.78, 5) is 20.2. The van der Waals surface area contributed by atoms with Crippen LogP contribution >= 0.6 is 22.7 Å². The van der Waals surface area contributed by atoms with Crippen LogP contribution < -0.4 is 0 Å². The van der Waals surface area contributed by atoms with E-state index in [-0.39, 0.29) is 0 Å². The molecule has 0 saturated heterocycles. The third-order valence-corrected chi connectivity index (χ3v) is 12.0. The highest BCUT2D eigenvalue weighted by molar-refractivity contribution is 7.25. The second kappa shape index (κ2) is 12.0. The van der Waals surface area contributed by atoms with Crippen LogP contribution in [0.2, 0.25) is 0 Å². The van der Waals surface area contributed by atoms with Gasteiger partial charge in [0.15, 0.2) is 17.5 Å². The number of furan rings is 1. The molecule has 0 bridgehead atoms. The van der Waals surface area contributed by atoms with E-state index in [2.05, 4.69) is 109 Å². The SMILES string of the molecule is c1ccc(-c2nc(-c3ccc4sc5ccccc5c4c3)nc(-c3cccc4oc5cc(-c6cccc(-c7nc8ccccc8s7)c6)ccc5c34)n2)cc1. The predicted molar refractivity (Wildman–Crippen MR) is 220 cm³/mol. The average Bonchev–Trinajstić information content (AvgIpc) is 3.94. The minimum atomic E-state index is 0.602. The molecule has 53 heavy (non-hydrogen) atoms. The van der Waals surface area contributed by atoms with Crippen molar-refractivity contribution in [2.24, 2.45) is 0 Å². The Morgan fingerprint density at radius 3 is 1.98 bits per heavy atom. The first-order chi connectivity index (χ1) is 26.2. The smallest absolute Gasteiger partial charge is 0.164 e. The number of para-hydroxylation sites is 1. The van der Waals surface area contributed by atoms with E-state index in [9.17, 15) is 0 Å². The number of hydrogen-bond donors (Lipinski definition) is 0. The molecule has 5 nitrogen and oxygen atoms in total. The highest BCUT2D eigenvalue weighted by Gasteiger charge is 2.19. The molecule has 0 atom stereocenters. The van der Waals surface area contributed by atoms with Gasteiger partial charge < -0.3 is 4.42 Å². The molecule has 0 fully saturated rings. The topological polar surface area (TPSA) is 64.7 Å². The summed E-state index contributed by atoms with van der Waals surface area (Å²) in [5.41, 5.74) is 8.67. The van der Waals surface area contributed by atoms with E-state index in [1.165, 1.54) is 24.9 Å². The van der Waals surface area contributed by atoms with Crippen LogP contribution in [0.4, 0.5) is 0 Å². The summed E-state index contributed by atoms with van der Waals surface area (Å²) in [6, 6.07) is 54.6. The van der Waals surface area contributed by atoms with Gasteiger partial charge in [0.2, 0.25) is 0 Å². The van der Waals surface area contributed by atoms with Gasteiger partial charge in [0.25, 0.3) is 0 Å². The van der Waals surface area contributed by atoms with Gasteiger partial charge in [-0.2, -0.15) is 0 Å². The van der Waals surface area contributed by atoms with Gasteiger partial charge in [-0.1, -0.05) is 97.1 Å². The van der Waals surface area contributed by atoms with E-state index in [1.807, 2.05) is 48.5 Å². The van der Waals surface area contributed by atoms with Crippen LogP contribution in [-0.2, 0) is 0 Å². The quantitative estimate of drug-likeness (QED) is 0.178. The van der Waals surface area contributed by atoms with Crippen LogP contribution in [0.15, 0.2) is 162 Å². The van der Waals surface area contributed by atoms with Gasteiger partial charge in [0.05, 0.1) is 10.2 Å². The van der Waals surface area contributed by atoms with E-state index in [0.29, 0.717) is 17.5 Å². The van der Waals surface area contributed by atoms with Gasteiger partial charge >= 0.3 is 0 Å². The standard InChI is InChI=1S/C46H26N4OS2/c1-2-10-27(11-3-1)43-48-44(30-21-23-40-35(25-30)32-14-4-6-18-39(32)52-40)50-45(49-43)34-15-9-17-37-42(34)33-22-20-29(26-38(33)51-37)28-12-8-13-31(24-28)46-47-36-16-5-7-19-41(36)53-46/h1-26H. The van der Waals surface area contributed by atoms with Crippen molar-refractivity contribution in [2.75, 3.05) is 0 Å². The van der Waals surface area contributed by atoms with Crippen molar-refractivity contribution in [3.05, 3.63) is 158 Å². The van der Waals surface area contributed by atoms with Crippen LogP contribution in [0.3, 0.4) is 0 Å². The van der Waals surface area contributed by atoms with Crippen molar-refractivity contribution in [1.29, 1.82) is 0 Å². The Bertz CT molecular complexity index is 3160. The third kappa shape index (κ3) is 5.12. The van der Waals surface area contributed by atoms with Crippen molar-refractivity contribution in [3.63, 3.8) is 0 Å². The second-order valence-electron chi connectivity index (χ2n) is 13.0. The van der Waals surface area contributed by atoms with Gasteiger partial charge in [-0.3, -0.25) is 0 Å². The monoisotopic (exact) mass is 714 g/mol. The molecule has 11 aromatic rings. The summed E-state index contributed by atoms with van der Waals surface area (Å²) in [5, 5.41) is 5.45. The van der Waals surface area contributed by atoms with E-state index >= 15 is 0 Å². The largest absolute Gasteiger partial charge is 0.456 e. The van der Waals surface area contributed by atoms with Gasteiger partial charge in [0, 0.05) is 53.2 Å². The number of benzene rings is 7. The molecule has 0 N–H and O–H groups in total. The first-order valence-electron chi connectivity index (χ1n) is 17.4. The lowest BCUT2D eigenvalue weighted by Crippen LogP contribution is -2.00. The van der Waals surface area contributed by atoms with E-state index < -0.39 is 0 Å². The molecule has 0 radical (unpaired) electrons. The minimum Gasteiger partial charge on any atom is -0.456 e. The molecular formula is C46H26N4OS2. The summed E-state index contributed by atoms with van der Waals surface area (Å²) in [6.45, 7) is 0. The summed E-state index contributed by atoms with van der Waals surface area (Å²) < 4.78 is 10.3. The molecule has 0 spiro atoms. The fraction of sp³-hybridized carbons (Fsp3) is 0. The summed E-state index contributed by atoms with van der Waals surface area (Å²) in [6.07, 6.45) is 0. The Kier molecular flexibility index (Phi) is 6.83. The first-order valence-corrected chi connectivity index (χ1v) is 19.0. The molecule has 7 heteroatoms. The Morgan fingerprint density at radius 2 is 1.08 bits per heavy atom. The molecular weight excluding hydrogens is 689 g/mol. The first kappa shape index (κ1) is 30.1. The van der Waals surface area contributed by atoms with Gasteiger partial charge in [-0.05, 0) is 71.8 Å². The fourth-order valence-corrected chi connectivity index (χ4v) is 9.27. The van der Waals surface area contributed by atoms with Crippen LogP contribution in [0, 0.1) is 0 Å². The molecule has 0 saturated carbocycles. The van der Waals surface area contributed by atoms with Crippen molar-refractivity contribution >= 4 is 75.0 Å². The Hall–Kier alpha value is -6.54. The molecule has 4 heterocycles. The average molecular weight is 715 g/mol. The van der Waals surface area contributed by atoms with Crippen molar-refractivity contribution in [3.8, 4) is 55.9 Å².